The van der Waals surface area contributed by atoms with E-state index in [1.165, 1.54) is 50.5 Å². The number of phenolic OH excluding ortho intramolecular Hbond substituents is 1. The molecule has 0 spiro atoms. The van der Waals surface area contributed by atoms with E-state index in [4.69, 9.17) is 0 Å². The summed E-state index contributed by atoms with van der Waals surface area (Å²) in [6.45, 7) is 6.33. The molecule has 1 heteroatoms. The summed E-state index contributed by atoms with van der Waals surface area (Å²) in [5.74, 6) is 0.506. The Labute approximate surface area is 112 Å². The third-order valence-electron chi connectivity index (χ3n) is 3.57. The van der Waals surface area contributed by atoms with Crippen molar-refractivity contribution in [2.24, 2.45) is 0 Å². The van der Waals surface area contributed by atoms with Crippen molar-refractivity contribution in [3.05, 3.63) is 28.8 Å². The topological polar surface area (TPSA) is 20.2 Å². The van der Waals surface area contributed by atoms with Gasteiger partial charge in [0.05, 0.1) is 0 Å². The maximum atomic E-state index is 9.99. The number of benzene rings is 1. The Morgan fingerprint density at radius 2 is 1.50 bits per heavy atom. The predicted octanol–water partition coefficient (Wildman–Crippen LogP) is 5.30. The summed E-state index contributed by atoms with van der Waals surface area (Å²) in [7, 11) is 0. The van der Waals surface area contributed by atoms with Gasteiger partial charge < -0.3 is 5.11 Å². The first-order chi connectivity index (χ1) is 8.65. The van der Waals surface area contributed by atoms with Gasteiger partial charge >= 0.3 is 0 Å². The van der Waals surface area contributed by atoms with Crippen LogP contribution in [0.2, 0.25) is 0 Å². The highest BCUT2D eigenvalue weighted by Gasteiger charge is 2.05. The standard InChI is InChI=1S/C17H28O/c1-4-5-6-7-8-9-10-11-16-13-14(2)12-15(3)17(16)18/h12-13,18H,4-11H2,1-3H3. The maximum Gasteiger partial charge on any atom is 0.121 e. The second kappa shape index (κ2) is 8.18. The van der Waals surface area contributed by atoms with Gasteiger partial charge in [-0.05, 0) is 37.8 Å². The predicted molar refractivity (Wildman–Crippen MR) is 79.3 cm³/mol. The quantitative estimate of drug-likeness (QED) is 0.619. The number of aromatic hydroxyl groups is 1. The molecule has 1 nitrogen and oxygen atoms in total. The Bertz CT molecular complexity index is 355. The molecule has 1 aromatic carbocycles. The fourth-order valence-electron chi connectivity index (χ4n) is 2.51. The maximum absolute atomic E-state index is 9.99. The zero-order chi connectivity index (χ0) is 13.4. The molecular formula is C17H28O. The molecule has 0 heterocycles. The number of hydrogen-bond acceptors (Lipinski definition) is 1. The Kier molecular flexibility index (Phi) is 6.85. The average Bonchev–Trinajstić information content (AvgIpc) is 2.33. The summed E-state index contributed by atoms with van der Waals surface area (Å²) >= 11 is 0. The van der Waals surface area contributed by atoms with Crippen LogP contribution in [0, 0.1) is 13.8 Å². The number of hydrogen-bond donors (Lipinski definition) is 1. The second-order valence-corrected chi connectivity index (χ2v) is 5.46. The molecule has 0 aliphatic carbocycles. The molecular weight excluding hydrogens is 220 g/mol. The summed E-state index contributed by atoms with van der Waals surface area (Å²) in [6.07, 6.45) is 10.3. The fourth-order valence-corrected chi connectivity index (χ4v) is 2.51. The van der Waals surface area contributed by atoms with Gasteiger partial charge in [0.25, 0.3) is 0 Å². The minimum Gasteiger partial charge on any atom is -0.507 e. The molecule has 102 valence electrons. The van der Waals surface area contributed by atoms with Gasteiger partial charge in [0.1, 0.15) is 5.75 Å². The van der Waals surface area contributed by atoms with E-state index in [-0.39, 0.29) is 0 Å². The van der Waals surface area contributed by atoms with Crippen molar-refractivity contribution in [2.75, 3.05) is 0 Å². The highest BCUT2D eigenvalue weighted by atomic mass is 16.3. The van der Waals surface area contributed by atoms with Crippen LogP contribution in [0.4, 0.5) is 0 Å². The fraction of sp³-hybridized carbons (Fsp3) is 0.647. The first-order valence-electron chi connectivity index (χ1n) is 7.44. The second-order valence-electron chi connectivity index (χ2n) is 5.46. The largest absolute Gasteiger partial charge is 0.507 e. The molecule has 0 aromatic heterocycles. The third kappa shape index (κ3) is 5.12. The Morgan fingerprint density at radius 1 is 0.889 bits per heavy atom. The number of rotatable bonds is 8. The van der Waals surface area contributed by atoms with E-state index in [1.807, 2.05) is 13.0 Å². The van der Waals surface area contributed by atoms with Crippen LogP contribution < -0.4 is 0 Å². The molecule has 1 rings (SSSR count). The van der Waals surface area contributed by atoms with E-state index in [2.05, 4.69) is 19.9 Å². The average molecular weight is 248 g/mol. The van der Waals surface area contributed by atoms with E-state index in [0.29, 0.717) is 5.75 Å². The molecule has 0 saturated heterocycles. The van der Waals surface area contributed by atoms with E-state index >= 15 is 0 Å². The first-order valence-corrected chi connectivity index (χ1v) is 7.44. The molecule has 0 radical (unpaired) electrons. The van der Waals surface area contributed by atoms with E-state index in [9.17, 15) is 5.11 Å². The summed E-state index contributed by atoms with van der Waals surface area (Å²) < 4.78 is 0. The molecule has 0 unspecified atom stereocenters. The highest BCUT2D eigenvalue weighted by molar-refractivity contribution is 5.42. The smallest absolute Gasteiger partial charge is 0.121 e. The minimum atomic E-state index is 0.506. The van der Waals surface area contributed by atoms with Crippen LogP contribution in [0.3, 0.4) is 0 Å². The van der Waals surface area contributed by atoms with Crippen molar-refractivity contribution in [1.29, 1.82) is 0 Å². The third-order valence-corrected chi connectivity index (χ3v) is 3.57. The van der Waals surface area contributed by atoms with Gasteiger partial charge in [-0.15, -0.1) is 0 Å². The molecule has 1 aromatic rings. The lowest BCUT2D eigenvalue weighted by molar-refractivity contribution is 0.461. The molecule has 0 aliphatic rings. The van der Waals surface area contributed by atoms with Gasteiger partial charge in [0, 0.05) is 0 Å². The normalized spacial score (nSPS) is 10.8. The summed E-state index contributed by atoms with van der Waals surface area (Å²) in [5, 5.41) is 9.99. The molecule has 0 amide bonds. The van der Waals surface area contributed by atoms with Crippen LogP contribution in [0.5, 0.6) is 5.75 Å². The lowest BCUT2D eigenvalue weighted by Crippen LogP contribution is -1.91. The van der Waals surface area contributed by atoms with Crippen LogP contribution in [0.15, 0.2) is 12.1 Å². The zero-order valence-electron chi connectivity index (χ0n) is 12.3. The van der Waals surface area contributed by atoms with Crippen molar-refractivity contribution in [3.63, 3.8) is 0 Å². The van der Waals surface area contributed by atoms with E-state index in [0.717, 1.165) is 17.5 Å². The molecule has 0 bridgehead atoms. The van der Waals surface area contributed by atoms with Crippen LogP contribution in [-0.4, -0.2) is 5.11 Å². The summed E-state index contributed by atoms with van der Waals surface area (Å²) in [6, 6.07) is 4.17. The number of phenols is 1. The first kappa shape index (κ1) is 15.1. The van der Waals surface area contributed by atoms with Crippen molar-refractivity contribution >= 4 is 0 Å². The van der Waals surface area contributed by atoms with Crippen molar-refractivity contribution in [3.8, 4) is 5.75 Å². The van der Waals surface area contributed by atoms with E-state index in [1.54, 1.807) is 0 Å². The van der Waals surface area contributed by atoms with Crippen LogP contribution in [0.25, 0.3) is 0 Å². The molecule has 18 heavy (non-hydrogen) atoms. The lowest BCUT2D eigenvalue weighted by Gasteiger charge is -2.09. The Hall–Kier alpha value is -0.980. The summed E-state index contributed by atoms with van der Waals surface area (Å²) in [4.78, 5) is 0. The van der Waals surface area contributed by atoms with Gasteiger partial charge in [-0.1, -0.05) is 63.1 Å². The van der Waals surface area contributed by atoms with Gasteiger partial charge in [-0.25, -0.2) is 0 Å². The van der Waals surface area contributed by atoms with Gasteiger partial charge in [-0.3, -0.25) is 0 Å². The van der Waals surface area contributed by atoms with Gasteiger partial charge in [0.2, 0.25) is 0 Å². The van der Waals surface area contributed by atoms with Crippen LogP contribution in [0.1, 0.15) is 68.6 Å². The molecule has 0 aliphatic heterocycles. The van der Waals surface area contributed by atoms with Crippen molar-refractivity contribution in [1.82, 2.24) is 0 Å². The van der Waals surface area contributed by atoms with Crippen molar-refractivity contribution < 1.29 is 5.11 Å². The Balaban J connectivity index is 2.27. The number of aryl methyl sites for hydroxylation is 3. The number of unbranched alkanes of at least 4 members (excludes halogenated alkanes) is 6. The molecule has 0 saturated carbocycles. The van der Waals surface area contributed by atoms with Crippen molar-refractivity contribution in [2.45, 2.75) is 72.1 Å². The monoisotopic (exact) mass is 248 g/mol. The molecule has 0 atom stereocenters. The van der Waals surface area contributed by atoms with E-state index < -0.39 is 0 Å². The lowest BCUT2D eigenvalue weighted by atomic mass is 10.00. The van der Waals surface area contributed by atoms with Crippen LogP contribution >= 0.6 is 0 Å². The Morgan fingerprint density at radius 3 is 2.17 bits per heavy atom. The SMILES string of the molecule is CCCCCCCCCc1cc(C)cc(C)c1O. The zero-order valence-corrected chi connectivity index (χ0v) is 12.3. The summed E-state index contributed by atoms with van der Waals surface area (Å²) in [5.41, 5.74) is 3.39. The molecule has 0 fully saturated rings. The minimum absolute atomic E-state index is 0.506. The molecule has 1 N–H and O–H groups in total. The van der Waals surface area contributed by atoms with Gasteiger partial charge in [-0.2, -0.15) is 0 Å². The highest BCUT2D eigenvalue weighted by Crippen LogP contribution is 2.25. The van der Waals surface area contributed by atoms with Gasteiger partial charge in [0.15, 0.2) is 0 Å². The van der Waals surface area contributed by atoms with Crippen LogP contribution in [-0.2, 0) is 6.42 Å².